The number of alkyl halides is 2. The molecule has 1 amide bonds. The van der Waals surface area contributed by atoms with Crippen LogP contribution >= 0.6 is 0 Å². The van der Waals surface area contributed by atoms with Crippen LogP contribution in [-0.2, 0) is 6.54 Å². The highest BCUT2D eigenvalue weighted by Gasteiger charge is 2.14. The maximum atomic E-state index is 12.3. The molecule has 130 valence electrons. The number of rotatable bonds is 6. The summed E-state index contributed by atoms with van der Waals surface area (Å²) in [6.45, 7) is -0.797. The molecule has 0 radical (unpaired) electrons. The van der Waals surface area contributed by atoms with E-state index in [0.717, 1.165) is 0 Å². The van der Waals surface area contributed by atoms with Crippen molar-refractivity contribution in [3.05, 3.63) is 65.9 Å². The summed E-state index contributed by atoms with van der Waals surface area (Å²) >= 11 is 0. The molecule has 3 aromatic rings. The van der Waals surface area contributed by atoms with Gasteiger partial charge in [-0.3, -0.25) is 9.48 Å². The van der Waals surface area contributed by atoms with Crippen molar-refractivity contribution in [2.45, 2.75) is 20.1 Å². The van der Waals surface area contributed by atoms with Gasteiger partial charge in [-0.15, -0.1) is 0 Å². The van der Waals surface area contributed by atoms with Crippen LogP contribution in [0.25, 0.3) is 0 Å². The summed E-state index contributed by atoms with van der Waals surface area (Å²) in [6.07, 6.45) is 3.44. The minimum atomic E-state index is -2.89. The first-order valence-corrected chi connectivity index (χ1v) is 7.44. The third kappa shape index (κ3) is 4.23. The molecule has 2 heterocycles. The standard InChI is InChI=1S/C17H15F2N3O3/c1-11-9-12(25-17(18)19)3-5-14(11)21-16(23)15-6-4-13(24-15)10-22-8-2-7-20-22/h2-9,17H,10H2,1H3,(H,21,23). The van der Waals surface area contributed by atoms with Gasteiger partial charge in [-0.2, -0.15) is 13.9 Å². The van der Waals surface area contributed by atoms with E-state index in [1.807, 2.05) is 0 Å². The Morgan fingerprint density at radius 1 is 1.36 bits per heavy atom. The molecule has 0 aliphatic heterocycles. The van der Waals surface area contributed by atoms with Crippen molar-refractivity contribution >= 4 is 11.6 Å². The quantitative estimate of drug-likeness (QED) is 0.738. The van der Waals surface area contributed by atoms with Crippen LogP contribution in [0.4, 0.5) is 14.5 Å². The van der Waals surface area contributed by atoms with Gasteiger partial charge in [0.25, 0.3) is 5.91 Å². The number of ether oxygens (including phenoxy) is 1. The van der Waals surface area contributed by atoms with Gasteiger partial charge < -0.3 is 14.5 Å². The molecule has 0 saturated heterocycles. The highest BCUT2D eigenvalue weighted by molar-refractivity contribution is 6.02. The first kappa shape index (κ1) is 16.7. The number of halogens is 2. The first-order valence-electron chi connectivity index (χ1n) is 7.44. The van der Waals surface area contributed by atoms with Crippen LogP contribution in [0.3, 0.4) is 0 Å². The van der Waals surface area contributed by atoms with E-state index in [9.17, 15) is 13.6 Å². The number of amides is 1. The normalized spacial score (nSPS) is 10.9. The lowest BCUT2D eigenvalue weighted by Crippen LogP contribution is -2.12. The second-order valence-electron chi connectivity index (χ2n) is 5.28. The smallest absolute Gasteiger partial charge is 0.387 e. The Hall–Kier alpha value is -3.16. The summed E-state index contributed by atoms with van der Waals surface area (Å²) in [6, 6.07) is 9.34. The summed E-state index contributed by atoms with van der Waals surface area (Å²) in [5.41, 5.74) is 1.08. The number of benzene rings is 1. The van der Waals surface area contributed by atoms with E-state index in [4.69, 9.17) is 4.42 Å². The second kappa shape index (κ2) is 7.16. The number of hydrogen-bond acceptors (Lipinski definition) is 4. The SMILES string of the molecule is Cc1cc(OC(F)F)ccc1NC(=O)c1ccc(Cn2cccn2)o1. The number of carbonyl (C=O) groups is 1. The molecule has 3 rings (SSSR count). The van der Waals surface area contributed by atoms with Crippen molar-refractivity contribution in [3.63, 3.8) is 0 Å². The van der Waals surface area contributed by atoms with Gasteiger partial charge >= 0.3 is 6.61 Å². The van der Waals surface area contributed by atoms with E-state index in [2.05, 4.69) is 15.2 Å². The van der Waals surface area contributed by atoms with Gasteiger partial charge in [-0.05, 0) is 48.9 Å². The maximum Gasteiger partial charge on any atom is 0.387 e. The second-order valence-corrected chi connectivity index (χ2v) is 5.28. The van der Waals surface area contributed by atoms with E-state index in [0.29, 0.717) is 23.6 Å². The summed E-state index contributed by atoms with van der Waals surface area (Å²) in [5, 5.41) is 6.75. The molecule has 0 bridgehead atoms. The number of carbonyl (C=O) groups excluding carboxylic acids is 1. The fourth-order valence-electron chi connectivity index (χ4n) is 2.28. The molecule has 1 aromatic carbocycles. The van der Waals surface area contributed by atoms with Gasteiger partial charge in [-0.1, -0.05) is 0 Å². The summed E-state index contributed by atoms with van der Waals surface area (Å²) in [4.78, 5) is 12.3. The van der Waals surface area contributed by atoms with Crippen molar-refractivity contribution in [2.75, 3.05) is 5.32 Å². The predicted molar refractivity (Wildman–Crippen MR) is 85.8 cm³/mol. The number of anilines is 1. The monoisotopic (exact) mass is 347 g/mol. The van der Waals surface area contributed by atoms with Crippen LogP contribution in [0.1, 0.15) is 21.9 Å². The molecule has 0 saturated carbocycles. The number of nitrogens with zero attached hydrogens (tertiary/aromatic N) is 2. The Bertz CT molecular complexity index is 860. The zero-order chi connectivity index (χ0) is 17.8. The minimum absolute atomic E-state index is 0.0324. The number of furan rings is 1. The molecule has 1 N–H and O–H groups in total. The number of aryl methyl sites for hydroxylation is 1. The van der Waals surface area contributed by atoms with Crippen LogP contribution in [0, 0.1) is 6.92 Å². The highest BCUT2D eigenvalue weighted by atomic mass is 19.3. The average Bonchev–Trinajstić information content (AvgIpc) is 3.22. The summed E-state index contributed by atoms with van der Waals surface area (Å²) < 4.78 is 35.9. The van der Waals surface area contributed by atoms with Crippen molar-refractivity contribution < 1.29 is 22.7 Å². The fourth-order valence-corrected chi connectivity index (χ4v) is 2.28. The Morgan fingerprint density at radius 2 is 2.20 bits per heavy atom. The molecule has 0 aliphatic rings. The number of nitrogens with one attached hydrogen (secondary N) is 1. The first-order chi connectivity index (χ1) is 12.0. The van der Waals surface area contributed by atoms with Crippen LogP contribution in [0.15, 0.2) is 53.2 Å². The highest BCUT2D eigenvalue weighted by Crippen LogP contribution is 2.23. The van der Waals surface area contributed by atoms with Crippen LogP contribution in [-0.4, -0.2) is 22.3 Å². The Balaban J connectivity index is 1.67. The third-order valence-electron chi connectivity index (χ3n) is 3.43. The molecule has 6 nitrogen and oxygen atoms in total. The van der Waals surface area contributed by atoms with E-state index in [1.54, 1.807) is 42.2 Å². The van der Waals surface area contributed by atoms with Gasteiger partial charge in [0.15, 0.2) is 5.76 Å². The molecule has 8 heteroatoms. The maximum absolute atomic E-state index is 12.3. The van der Waals surface area contributed by atoms with Gasteiger partial charge in [0.05, 0.1) is 6.54 Å². The minimum Gasteiger partial charge on any atom is -0.454 e. The largest absolute Gasteiger partial charge is 0.454 e. The molecule has 0 atom stereocenters. The molecule has 0 unspecified atom stereocenters. The Morgan fingerprint density at radius 3 is 2.88 bits per heavy atom. The Labute approximate surface area is 142 Å². The lowest BCUT2D eigenvalue weighted by molar-refractivity contribution is -0.0498. The van der Waals surface area contributed by atoms with E-state index in [-0.39, 0.29) is 11.5 Å². The molecular formula is C17H15F2N3O3. The van der Waals surface area contributed by atoms with Crippen LogP contribution < -0.4 is 10.1 Å². The molecule has 0 aliphatic carbocycles. The van der Waals surface area contributed by atoms with E-state index in [1.165, 1.54) is 18.2 Å². The average molecular weight is 347 g/mol. The number of aromatic nitrogens is 2. The van der Waals surface area contributed by atoms with Crippen LogP contribution in [0.5, 0.6) is 5.75 Å². The Kier molecular flexibility index (Phi) is 4.78. The molecule has 0 spiro atoms. The van der Waals surface area contributed by atoms with Gasteiger partial charge in [0, 0.05) is 18.1 Å². The third-order valence-corrected chi connectivity index (χ3v) is 3.43. The zero-order valence-electron chi connectivity index (χ0n) is 13.3. The van der Waals surface area contributed by atoms with Crippen molar-refractivity contribution in [3.8, 4) is 5.75 Å². The van der Waals surface area contributed by atoms with Crippen molar-refractivity contribution in [2.24, 2.45) is 0 Å². The van der Waals surface area contributed by atoms with Crippen LogP contribution in [0.2, 0.25) is 0 Å². The molecular weight excluding hydrogens is 332 g/mol. The van der Waals surface area contributed by atoms with Gasteiger partial charge in [0.1, 0.15) is 11.5 Å². The van der Waals surface area contributed by atoms with Crippen molar-refractivity contribution in [1.29, 1.82) is 0 Å². The lowest BCUT2D eigenvalue weighted by Gasteiger charge is -2.10. The molecule has 2 aromatic heterocycles. The van der Waals surface area contributed by atoms with Gasteiger partial charge in [-0.25, -0.2) is 0 Å². The number of hydrogen-bond donors (Lipinski definition) is 1. The molecule has 25 heavy (non-hydrogen) atoms. The van der Waals surface area contributed by atoms with E-state index >= 15 is 0 Å². The lowest BCUT2D eigenvalue weighted by atomic mass is 10.2. The van der Waals surface area contributed by atoms with E-state index < -0.39 is 12.5 Å². The fraction of sp³-hybridized carbons (Fsp3) is 0.176. The molecule has 0 fully saturated rings. The van der Waals surface area contributed by atoms with Gasteiger partial charge in [0.2, 0.25) is 0 Å². The zero-order valence-corrected chi connectivity index (χ0v) is 13.3. The summed E-state index contributed by atoms with van der Waals surface area (Å²) in [5.74, 6) is 0.336. The topological polar surface area (TPSA) is 69.3 Å². The van der Waals surface area contributed by atoms with Crippen molar-refractivity contribution in [1.82, 2.24) is 9.78 Å². The predicted octanol–water partition coefficient (Wildman–Crippen LogP) is 3.69. The summed E-state index contributed by atoms with van der Waals surface area (Å²) in [7, 11) is 0.